The average molecular weight is 394 g/mol. The Morgan fingerprint density at radius 1 is 0.828 bits per heavy atom. The van der Waals surface area contributed by atoms with Crippen molar-refractivity contribution in [2.45, 2.75) is 6.42 Å². The minimum Gasteiger partial charge on any atom is -0.497 e. The zero-order valence-corrected chi connectivity index (χ0v) is 16.4. The van der Waals surface area contributed by atoms with Crippen LogP contribution in [0.3, 0.4) is 0 Å². The van der Waals surface area contributed by atoms with Crippen molar-refractivity contribution in [3.05, 3.63) is 60.2 Å². The second kappa shape index (κ2) is 9.41. The van der Waals surface area contributed by atoms with Gasteiger partial charge in [0.15, 0.2) is 23.1 Å². The SMILES string of the molecule is COc1ccc(CC(=O)Nc2ccc(Nc3ccc(OC)c(OC)c3)nn2)cc1. The van der Waals surface area contributed by atoms with E-state index in [0.717, 1.165) is 17.0 Å². The number of benzene rings is 2. The number of aromatic nitrogens is 2. The third kappa shape index (κ3) is 5.35. The molecule has 0 fully saturated rings. The summed E-state index contributed by atoms with van der Waals surface area (Å²) in [5, 5.41) is 14.0. The van der Waals surface area contributed by atoms with E-state index >= 15 is 0 Å². The molecule has 1 aromatic heterocycles. The molecule has 3 aromatic rings. The van der Waals surface area contributed by atoms with Gasteiger partial charge in [-0.3, -0.25) is 4.79 Å². The lowest BCUT2D eigenvalue weighted by molar-refractivity contribution is -0.115. The number of hydrogen-bond donors (Lipinski definition) is 2. The molecule has 0 bridgehead atoms. The number of methoxy groups -OCH3 is 3. The maximum Gasteiger partial charge on any atom is 0.229 e. The number of nitrogens with zero attached hydrogens (tertiary/aromatic N) is 2. The molecule has 0 saturated carbocycles. The van der Waals surface area contributed by atoms with E-state index in [2.05, 4.69) is 20.8 Å². The summed E-state index contributed by atoms with van der Waals surface area (Å²) in [7, 11) is 4.76. The van der Waals surface area contributed by atoms with Gasteiger partial charge in [-0.05, 0) is 42.0 Å². The van der Waals surface area contributed by atoms with E-state index in [1.807, 2.05) is 30.3 Å². The van der Waals surface area contributed by atoms with E-state index in [0.29, 0.717) is 23.1 Å². The number of amides is 1. The molecule has 2 aromatic carbocycles. The van der Waals surface area contributed by atoms with Gasteiger partial charge in [0.05, 0.1) is 27.8 Å². The molecule has 3 rings (SSSR count). The Labute approximate surface area is 168 Å². The van der Waals surface area contributed by atoms with Gasteiger partial charge in [-0.15, -0.1) is 10.2 Å². The van der Waals surface area contributed by atoms with Crippen LogP contribution in [0, 0.1) is 0 Å². The largest absolute Gasteiger partial charge is 0.497 e. The first-order valence-electron chi connectivity index (χ1n) is 8.87. The first-order chi connectivity index (χ1) is 14.1. The number of anilines is 3. The molecule has 8 heteroatoms. The van der Waals surface area contributed by atoms with E-state index in [9.17, 15) is 4.79 Å². The number of hydrogen-bond acceptors (Lipinski definition) is 7. The van der Waals surface area contributed by atoms with Gasteiger partial charge in [-0.1, -0.05) is 12.1 Å². The highest BCUT2D eigenvalue weighted by Crippen LogP contribution is 2.30. The van der Waals surface area contributed by atoms with Crippen molar-refractivity contribution < 1.29 is 19.0 Å². The van der Waals surface area contributed by atoms with Gasteiger partial charge in [0.2, 0.25) is 5.91 Å². The molecule has 2 N–H and O–H groups in total. The van der Waals surface area contributed by atoms with Crippen LogP contribution in [0.5, 0.6) is 17.2 Å². The van der Waals surface area contributed by atoms with E-state index in [1.54, 1.807) is 45.6 Å². The Balaban J connectivity index is 1.58. The highest BCUT2D eigenvalue weighted by Gasteiger charge is 2.08. The second-order valence-corrected chi connectivity index (χ2v) is 6.07. The molecule has 0 aliphatic heterocycles. The average Bonchev–Trinajstić information content (AvgIpc) is 2.75. The van der Waals surface area contributed by atoms with E-state index in [4.69, 9.17) is 14.2 Å². The standard InChI is InChI=1S/C21H22N4O4/c1-27-16-7-4-14(5-8-16)12-21(26)23-20-11-10-19(24-25-20)22-15-6-9-17(28-2)18(13-15)29-3/h4-11,13H,12H2,1-3H3,(H,22,24)(H,23,25,26). The first kappa shape index (κ1) is 19.9. The van der Waals surface area contributed by atoms with Crippen molar-refractivity contribution >= 4 is 23.2 Å². The predicted octanol–water partition coefficient (Wildman–Crippen LogP) is 3.43. The third-order valence-electron chi connectivity index (χ3n) is 4.11. The molecule has 0 aliphatic carbocycles. The fraction of sp³-hybridized carbons (Fsp3) is 0.190. The zero-order chi connectivity index (χ0) is 20.6. The number of ether oxygens (including phenoxy) is 3. The van der Waals surface area contributed by atoms with Crippen LogP contribution in [0.2, 0.25) is 0 Å². The van der Waals surface area contributed by atoms with Crippen molar-refractivity contribution in [3.63, 3.8) is 0 Å². The Hall–Kier alpha value is -3.81. The van der Waals surface area contributed by atoms with Gasteiger partial charge in [-0.2, -0.15) is 0 Å². The van der Waals surface area contributed by atoms with Crippen molar-refractivity contribution in [1.82, 2.24) is 10.2 Å². The molecule has 1 heterocycles. The van der Waals surface area contributed by atoms with E-state index < -0.39 is 0 Å². The zero-order valence-electron chi connectivity index (χ0n) is 16.4. The fourth-order valence-corrected chi connectivity index (χ4v) is 2.64. The summed E-state index contributed by atoms with van der Waals surface area (Å²) >= 11 is 0. The van der Waals surface area contributed by atoms with Crippen LogP contribution in [0.25, 0.3) is 0 Å². The summed E-state index contributed by atoms with van der Waals surface area (Å²) in [6, 6.07) is 16.2. The van der Waals surface area contributed by atoms with Gasteiger partial charge in [0, 0.05) is 11.8 Å². The summed E-state index contributed by atoms with van der Waals surface area (Å²) in [4.78, 5) is 12.2. The van der Waals surface area contributed by atoms with Gasteiger partial charge >= 0.3 is 0 Å². The number of nitrogens with one attached hydrogen (secondary N) is 2. The first-order valence-corrected chi connectivity index (χ1v) is 8.87. The summed E-state index contributed by atoms with van der Waals surface area (Å²) in [6.45, 7) is 0. The maximum atomic E-state index is 12.2. The number of carbonyl (C=O) groups excluding carboxylic acids is 1. The normalized spacial score (nSPS) is 10.2. The second-order valence-electron chi connectivity index (χ2n) is 6.07. The minimum atomic E-state index is -0.176. The van der Waals surface area contributed by atoms with Gasteiger partial charge < -0.3 is 24.8 Å². The van der Waals surface area contributed by atoms with E-state index in [-0.39, 0.29) is 12.3 Å². The summed E-state index contributed by atoms with van der Waals surface area (Å²) in [6.07, 6.45) is 0.233. The Morgan fingerprint density at radius 3 is 2.14 bits per heavy atom. The van der Waals surface area contributed by atoms with Crippen LogP contribution in [0.15, 0.2) is 54.6 Å². The van der Waals surface area contributed by atoms with Crippen LogP contribution in [-0.4, -0.2) is 37.4 Å². The quantitative estimate of drug-likeness (QED) is 0.604. The molecular formula is C21H22N4O4. The Morgan fingerprint density at radius 2 is 1.52 bits per heavy atom. The highest BCUT2D eigenvalue weighted by atomic mass is 16.5. The summed E-state index contributed by atoms with van der Waals surface area (Å²) < 4.78 is 15.6. The smallest absolute Gasteiger partial charge is 0.229 e. The molecule has 0 spiro atoms. The number of carbonyl (C=O) groups is 1. The van der Waals surface area contributed by atoms with E-state index in [1.165, 1.54) is 0 Å². The van der Waals surface area contributed by atoms with Gasteiger partial charge in [0.25, 0.3) is 0 Å². The molecule has 0 atom stereocenters. The molecule has 0 aliphatic rings. The fourth-order valence-electron chi connectivity index (χ4n) is 2.64. The van der Waals surface area contributed by atoms with Gasteiger partial charge in [-0.25, -0.2) is 0 Å². The minimum absolute atomic E-state index is 0.176. The van der Waals surface area contributed by atoms with Crippen molar-refractivity contribution in [2.24, 2.45) is 0 Å². The lowest BCUT2D eigenvalue weighted by Crippen LogP contribution is -2.15. The predicted molar refractivity (Wildman–Crippen MR) is 110 cm³/mol. The van der Waals surface area contributed by atoms with Gasteiger partial charge in [0.1, 0.15) is 5.75 Å². The Kier molecular flexibility index (Phi) is 6.47. The van der Waals surface area contributed by atoms with Crippen LogP contribution >= 0.6 is 0 Å². The van der Waals surface area contributed by atoms with Crippen LogP contribution in [0.4, 0.5) is 17.3 Å². The maximum absolute atomic E-state index is 12.2. The molecule has 0 radical (unpaired) electrons. The van der Waals surface area contributed by atoms with Crippen molar-refractivity contribution in [2.75, 3.05) is 32.0 Å². The van der Waals surface area contributed by atoms with Crippen molar-refractivity contribution in [1.29, 1.82) is 0 Å². The molecule has 0 saturated heterocycles. The molecule has 150 valence electrons. The molecule has 8 nitrogen and oxygen atoms in total. The summed E-state index contributed by atoms with van der Waals surface area (Å²) in [5.74, 6) is 2.72. The monoisotopic (exact) mass is 394 g/mol. The topological polar surface area (TPSA) is 94.6 Å². The van der Waals surface area contributed by atoms with Crippen LogP contribution in [0.1, 0.15) is 5.56 Å². The third-order valence-corrected chi connectivity index (χ3v) is 4.11. The molecule has 29 heavy (non-hydrogen) atoms. The summed E-state index contributed by atoms with van der Waals surface area (Å²) in [5.41, 5.74) is 1.65. The molecular weight excluding hydrogens is 372 g/mol. The molecule has 0 unspecified atom stereocenters. The number of rotatable bonds is 8. The lowest BCUT2D eigenvalue weighted by Gasteiger charge is -2.11. The van der Waals surface area contributed by atoms with Crippen molar-refractivity contribution in [3.8, 4) is 17.2 Å². The lowest BCUT2D eigenvalue weighted by atomic mass is 10.1. The van der Waals surface area contributed by atoms with Crippen LogP contribution < -0.4 is 24.8 Å². The highest BCUT2D eigenvalue weighted by molar-refractivity contribution is 5.91. The Bertz CT molecular complexity index is 959. The van der Waals surface area contributed by atoms with Crippen LogP contribution in [-0.2, 0) is 11.2 Å². The molecule has 1 amide bonds.